The average Bonchev–Trinajstić information content (AvgIpc) is 3.16. The summed E-state index contributed by atoms with van der Waals surface area (Å²) in [5, 5.41) is 19.7. The summed E-state index contributed by atoms with van der Waals surface area (Å²) in [6.07, 6.45) is 4.69. The smallest absolute Gasteiger partial charge is 0.152 e. The highest BCUT2D eigenvalue weighted by atomic mass is 35.5. The quantitative estimate of drug-likeness (QED) is 0.514. The van der Waals surface area contributed by atoms with Crippen LogP contribution < -0.4 is 4.74 Å². The molecular weight excluding hydrogens is 417 g/mol. The van der Waals surface area contributed by atoms with Crippen molar-refractivity contribution in [2.24, 2.45) is 0 Å². The first-order valence-corrected chi connectivity index (χ1v) is 10.3. The Morgan fingerprint density at radius 2 is 2.17 bits per heavy atom. The molecule has 3 aromatic heterocycles. The number of rotatable bonds is 5. The molecule has 0 amide bonds. The minimum Gasteiger partial charge on any atom is -0.495 e. The molecule has 1 aliphatic carbocycles. The van der Waals surface area contributed by atoms with Crippen LogP contribution in [0.1, 0.15) is 46.8 Å². The molecule has 0 bridgehead atoms. The molecule has 1 saturated carbocycles. The molecule has 0 radical (unpaired) electrons. The van der Waals surface area contributed by atoms with Crippen LogP contribution in [0.25, 0.3) is 10.5 Å². The Balaban J connectivity index is 1.60. The molecule has 0 spiro atoms. The van der Waals surface area contributed by atoms with Crippen LogP contribution in [0.15, 0.2) is 24.7 Å². The zero-order valence-corrected chi connectivity index (χ0v) is 17.2. The van der Waals surface area contributed by atoms with Gasteiger partial charge in [0.05, 0.1) is 29.7 Å². The van der Waals surface area contributed by atoms with Crippen LogP contribution in [0.4, 0.5) is 4.39 Å². The van der Waals surface area contributed by atoms with E-state index in [1.165, 1.54) is 23.9 Å². The third-order valence-corrected chi connectivity index (χ3v) is 6.75. The first-order chi connectivity index (χ1) is 14.0. The molecule has 10 heteroatoms. The van der Waals surface area contributed by atoms with E-state index in [-0.39, 0.29) is 16.5 Å². The van der Waals surface area contributed by atoms with Gasteiger partial charge in [-0.25, -0.2) is 14.1 Å². The maximum absolute atomic E-state index is 14.6. The molecule has 1 fully saturated rings. The summed E-state index contributed by atoms with van der Waals surface area (Å²) in [6.45, 7) is 1.74. The average molecular weight is 434 g/mol. The van der Waals surface area contributed by atoms with Crippen molar-refractivity contribution in [3.8, 4) is 11.4 Å². The number of ether oxygens (including phenoxy) is 1. The fraction of sp³-hybridized carbons (Fsp3) is 0.316. The molecule has 1 N–H and O–H groups in total. The second-order valence-electron chi connectivity index (χ2n) is 7.04. The van der Waals surface area contributed by atoms with Crippen molar-refractivity contribution in [2.45, 2.75) is 31.8 Å². The van der Waals surface area contributed by atoms with Crippen LogP contribution in [0, 0.1) is 12.7 Å². The minimum atomic E-state index is -1.00. The van der Waals surface area contributed by atoms with Gasteiger partial charge in [0, 0.05) is 10.9 Å². The molecule has 0 saturated heterocycles. The van der Waals surface area contributed by atoms with Crippen LogP contribution in [0.5, 0.6) is 5.75 Å². The minimum absolute atomic E-state index is 0.139. The number of imidazole rings is 1. The second-order valence-corrected chi connectivity index (χ2v) is 8.51. The largest absolute Gasteiger partial charge is 0.495 e. The molecule has 3 heterocycles. The Kier molecular flexibility index (Phi) is 4.34. The standard InChI is InChI=1S/C19H17ClFN5O2S/c1-9-16(23-24-26(9)13-5-11(20)14(28-2)6-12(13)21)18(27)17-19(10-3-4-10)29-15-7-22-8-25(15)17/h5-8,10,18,27H,3-4H2,1-2H3. The van der Waals surface area contributed by atoms with E-state index in [0.717, 1.165) is 28.2 Å². The van der Waals surface area contributed by atoms with Crippen LogP contribution in [-0.2, 0) is 0 Å². The number of aromatic nitrogens is 5. The number of hydrogen-bond donors (Lipinski definition) is 1. The van der Waals surface area contributed by atoms with Crippen molar-refractivity contribution < 1.29 is 14.2 Å². The molecule has 7 nitrogen and oxygen atoms in total. The number of fused-ring (bicyclic) bond motifs is 1. The van der Waals surface area contributed by atoms with E-state index in [9.17, 15) is 9.50 Å². The van der Waals surface area contributed by atoms with Crippen LogP contribution in [0.2, 0.25) is 5.02 Å². The summed E-state index contributed by atoms with van der Waals surface area (Å²) in [6, 6.07) is 2.63. The summed E-state index contributed by atoms with van der Waals surface area (Å²) in [5.74, 6) is 0.144. The topological polar surface area (TPSA) is 77.5 Å². The first-order valence-electron chi connectivity index (χ1n) is 9.08. The van der Waals surface area contributed by atoms with E-state index in [2.05, 4.69) is 15.3 Å². The Labute approximate surface area is 174 Å². The van der Waals surface area contributed by atoms with Crippen molar-refractivity contribution in [3.63, 3.8) is 0 Å². The van der Waals surface area contributed by atoms with Crippen molar-refractivity contribution in [2.75, 3.05) is 7.11 Å². The molecule has 1 atom stereocenters. The molecule has 1 aromatic carbocycles. The van der Waals surface area contributed by atoms with Gasteiger partial charge in [-0.2, -0.15) is 0 Å². The van der Waals surface area contributed by atoms with Gasteiger partial charge >= 0.3 is 0 Å². The Hall–Kier alpha value is -2.49. The van der Waals surface area contributed by atoms with E-state index in [4.69, 9.17) is 16.3 Å². The van der Waals surface area contributed by atoms with Crippen molar-refractivity contribution >= 4 is 27.8 Å². The van der Waals surface area contributed by atoms with E-state index >= 15 is 0 Å². The van der Waals surface area contributed by atoms with Gasteiger partial charge in [0.15, 0.2) is 5.82 Å². The Morgan fingerprint density at radius 3 is 2.90 bits per heavy atom. The summed E-state index contributed by atoms with van der Waals surface area (Å²) in [4.78, 5) is 6.29. The molecule has 1 unspecified atom stereocenters. The Morgan fingerprint density at radius 1 is 1.38 bits per heavy atom. The summed E-state index contributed by atoms with van der Waals surface area (Å²) >= 11 is 7.79. The lowest BCUT2D eigenvalue weighted by atomic mass is 10.1. The normalized spacial score (nSPS) is 15.2. The lowest BCUT2D eigenvalue weighted by Gasteiger charge is -2.12. The van der Waals surface area contributed by atoms with Gasteiger partial charge in [0.1, 0.15) is 34.4 Å². The fourth-order valence-corrected chi connectivity index (χ4v) is 5.05. The van der Waals surface area contributed by atoms with Gasteiger partial charge in [-0.05, 0) is 31.7 Å². The third kappa shape index (κ3) is 2.92. The van der Waals surface area contributed by atoms with Gasteiger partial charge in [0.2, 0.25) is 0 Å². The van der Waals surface area contributed by atoms with Crippen LogP contribution >= 0.6 is 22.9 Å². The van der Waals surface area contributed by atoms with Crippen molar-refractivity contribution in [3.05, 3.63) is 57.5 Å². The highest BCUT2D eigenvalue weighted by Gasteiger charge is 2.34. The van der Waals surface area contributed by atoms with Gasteiger partial charge in [-0.3, -0.25) is 4.40 Å². The van der Waals surface area contributed by atoms with Crippen molar-refractivity contribution in [1.82, 2.24) is 24.4 Å². The number of methoxy groups -OCH3 is 1. The zero-order valence-electron chi connectivity index (χ0n) is 15.6. The van der Waals surface area contributed by atoms with Crippen LogP contribution in [0.3, 0.4) is 0 Å². The van der Waals surface area contributed by atoms with Gasteiger partial charge < -0.3 is 9.84 Å². The van der Waals surface area contributed by atoms with E-state index in [1.807, 2.05) is 4.40 Å². The molecule has 4 aromatic rings. The molecule has 150 valence electrons. The second kappa shape index (κ2) is 6.79. The third-order valence-electron chi connectivity index (χ3n) is 5.18. The number of hydrogen-bond acceptors (Lipinski definition) is 6. The molecule has 1 aliphatic rings. The summed E-state index contributed by atoms with van der Waals surface area (Å²) in [5.41, 5.74) is 1.79. The monoisotopic (exact) mass is 433 g/mol. The highest BCUT2D eigenvalue weighted by molar-refractivity contribution is 7.17. The number of aliphatic hydroxyl groups excluding tert-OH is 1. The zero-order chi connectivity index (χ0) is 20.3. The van der Waals surface area contributed by atoms with E-state index in [1.54, 1.807) is 30.8 Å². The van der Waals surface area contributed by atoms with Crippen molar-refractivity contribution in [1.29, 1.82) is 0 Å². The van der Waals surface area contributed by atoms with Crippen LogP contribution in [-0.4, -0.2) is 36.6 Å². The lowest BCUT2D eigenvalue weighted by molar-refractivity contribution is 0.207. The molecule has 5 rings (SSSR count). The number of benzene rings is 1. The maximum atomic E-state index is 14.6. The van der Waals surface area contributed by atoms with Gasteiger partial charge in [-0.15, -0.1) is 16.4 Å². The SMILES string of the molecule is COc1cc(F)c(-n2nnc(C(O)c3c(C4CC4)sc4cncn34)c2C)cc1Cl. The molecular formula is C19H17ClFN5O2S. The lowest BCUT2D eigenvalue weighted by Crippen LogP contribution is -2.08. The predicted molar refractivity (Wildman–Crippen MR) is 107 cm³/mol. The Bertz CT molecular complexity index is 1230. The summed E-state index contributed by atoms with van der Waals surface area (Å²) in [7, 11) is 1.42. The van der Waals surface area contributed by atoms with Gasteiger partial charge in [0.25, 0.3) is 0 Å². The van der Waals surface area contributed by atoms with Gasteiger partial charge in [-0.1, -0.05) is 16.8 Å². The van der Waals surface area contributed by atoms with E-state index < -0.39 is 11.9 Å². The molecule has 29 heavy (non-hydrogen) atoms. The number of thiazole rings is 1. The number of nitrogens with zero attached hydrogens (tertiary/aromatic N) is 5. The fourth-order valence-electron chi connectivity index (χ4n) is 3.52. The first kappa shape index (κ1) is 18.5. The molecule has 0 aliphatic heterocycles. The van der Waals surface area contributed by atoms with E-state index in [0.29, 0.717) is 17.3 Å². The number of aliphatic hydroxyl groups is 1. The highest BCUT2D eigenvalue weighted by Crippen LogP contribution is 2.47. The summed E-state index contributed by atoms with van der Waals surface area (Å²) < 4.78 is 22.9. The predicted octanol–water partition coefficient (Wildman–Crippen LogP) is 4.05. The maximum Gasteiger partial charge on any atom is 0.152 e. The number of halogens is 2.